The van der Waals surface area contributed by atoms with Gasteiger partial charge in [-0.05, 0) is 12.1 Å². The topological polar surface area (TPSA) is 93.2 Å². The number of halogens is 3. The maximum atomic E-state index is 13.1. The van der Waals surface area contributed by atoms with E-state index in [4.69, 9.17) is 0 Å². The van der Waals surface area contributed by atoms with Gasteiger partial charge in [-0.15, -0.1) is 15.3 Å². The minimum Gasteiger partial charge on any atom is -0.352 e. The van der Waals surface area contributed by atoms with Gasteiger partial charge in [-0.25, -0.2) is 4.98 Å². The van der Waals surface area contributed by atoms with Crippen molar-refractivity contribution in [3.8, 4) is 11.3 Å². The van der Waals surface area contributed by atoms with E-state index in [1.807, 2.05) is 18.1 Å². The van der Waals surface area contributed by atoms with Crippen LogP contribution in [-0.2, 0) is 13.2 Å². The number of hydrogen-bond acceptors (Lipinski definition) is 8. The summed E-state index contributed by atoms with van der Waals surface area (Å²) in [5.74, 6) is 0.0423. The fourth-order valence-electron chi connectivity index (χ4n) is 3.49. The molecular weight excluding hydrogens is 413 g/mol. The molecule has 13 heteroatoms. The molecule has 1 fully saturated rings. The van der Waals surface area contributed by atoms with Gasteiger partial charge in [-0.2, -0.15) is 22.8 Å². The maximum absolute atomic E-state index is 13.1. The lowest BCUT2D eigenvalue weighted by atomic mass is 10.2. The normalized spacial score (nSPS) is 15.1. The average molecular weight is 430 g/mol. The van der Waals surface area contributed by atoms with Gasteiger partial charge in [0.05, 0.1) is 24.3 Å². The van der Waals surface area contributed by atoms with Gasteiger partial charge in [0.15, 0.2) is 5.65 Å². The van der Waals surface area contributed by atoms with E-state index in [2.05, 4.69) is 35.3 Å². The van der Waals surface area contributed by atoms with Crippen LogP contribution < -0.4 is 9.80 Å². The number of hydrogen-bond donors (Lipinski definition) is 0. The summed E-state index contributed by atoms with van der Waals surface area (Å²) in [5.41, 5.74) is 1.66. The second-order valence-electron chi connectivity index (χ2n) is 7.12. The van der Waals surface area contributed by atoms with Crippen molar-refractivity contribution >= 4 is 17.3 Å². The number of fused-ring (bicyclic) bond motifs is 1. The number of piperazine rings is 1. The van der Waals surface area contributed by atoms with E-state index in [9.17, 15) is 13.2 Å². The Hall–Kier alpha value is -3.77. The van der Waals surface area contributed by atoms with Gasteiger partial charge in [-0.1, -0.05) is 0 Å². The first-order valence-electron chi connectivity index (χ1n) is 9.49. The third-order valence-corrected chi connectivity index (χ3v) is 5.05. The molecule has 5 heterocycles. The third-order valence-electron chi connectivity index (χ3n) is 5.05. The number of aryl methyl sites for hydroxylation is 1. The van der Waals surface area contributed by atoms with Crippen LogP contribution in [0.5, 0.6) is 0 Å². The summed E-state index contributed by atoms with van der Waals surface area (Å²) < 4.78 is 41.8. The Bertz CT molecular complexity index is 1220. The quantitative estimate of drug-likeness (QED) is 0.485. The zero-order chi connectivity index (χ0) is 21.6. The van der Waals surface area contributed by atoms with Crippen LogP contribution in [0.15, 0.2) is 36.9 Å². The van der Waals surface area contributed by atoms with Crippen LogP contribution in [0.3, 0.4) is 0 Å². The molecule has 0 bridgehead atoms. The molecule has 160 valence electrons. The van der Waals surface area contributed by atoms with E-state index >= 15 is 0 Å². The first-order chi connectivity index (χ1) is 14.9. The molecule has 0 radical (unpaired) electrons. The zero-order valence-electron chi connectivity index (χ0n) is 16.4. The van der Waals surface area contributed by atoms with Gasteiger partial charge in [0.25, 0.3) is 5.82 Å². The molecule has 0 aromatic carbocycles. The lowest BCUT2D eigenvalue weighted by Gasteiger charge is -2.35. The van der Waals surface area contributed by atoms with Gasteiger partial charge >= 0.3 is 6.18 Å². The summed E-state index contributed by atoms with van der Waals surface area (Å²) >= 11 is 0. The van der Waals surface area contributed by atoms with Crippen LogP contribution in [0.2, 0.25) is 0 Å². The minimum absolute atomic E-state index is 0.0530. The second kappa shape index (κ2) is 7.18. The van der Waals surface area contributed by atoms with E-state index in [1.165, 1.54) is 6.07 Å². The number of aromatic nitrogens is 8. The van der Waals surface area contributed by atoms with E-state index in [-0.39, 0.29) is 5.65 Å². The Balaban J connectivity index is 1.33. The molecule has 0 atom stereocenters. The molecule has 0 unspecified atom stereocenters. The lowest BCUT2D eigenvalue weighted by molar-refractivity contribution is -0.146. The maximum Gasteiger partial charge on any atom is 0.453 e. The van der Waals surface area contributed by atoms with E-state index in [0.717, 1.165) is 21.6 Å². The minimum atomic E-state index is -4.62. The molecular formula is C18H17F3N10. The zero-order valence-corrected chi connectivity index (χ0v) is 16.4. The van der Waals surface area contributed by atoms with Crippen molar-refractivity contribution in [3.05, 3.63) is 42.7 Å². The first kappa shape index (κ1) is 19.2. The van der Waals surface area contributed by atoms with Crippen molar-refractivity contribution in [1.82, 2.24) is 39.6 Å². The summed E-state index contributed by atoms with van der Waals surface area (Å²) in [7, 11) is 1.84. The van der Waals surface area contributed by atoms with Crippen LogP contribution in [-0.4, -0.2) is 65.7 Å². The predicted molar refractivity (Wildman–Crippen MR) is 104 cm³/mol. The standard InChI is InChI=1S/C18H17F3N10/c1-28-11-12(8-23-28)13-9-22-10-16(24-13)30-6-4-29(5-7-30)15-3-2-14-25-26-17(18(19,20)21)31(14)27-15/h2-3,8-11H,4-7H2,1H3. The van der Waals surface area contributed by atoms with Crippen molar-refractivity contribution < 1.29 is 13.2 Å². The van der Waals surface area contributed by atoms with Gasteiger partial charge in [0, 0.05) is 45.0 Å². The van der Waals surface area contributed by atoms with Crippen molar-refractivity contribution in [3.63, 3.8) is 0 Å². The van der Waals surface area contributed by atoms with Gasteiger partial charge in [-0.3, -0.25) is 9.67 Å². The highest BCUT2D eigenvalue weighted by Crippen LogP contribution is 2.28. The van der Waals surface area contributed by atoms with Crippen molar-refractivity contribution in [2.45, 2.75) is 6.18 Å². The molecule has 4 aromatic rings. The molecule has 5 rings (SSSR count). The Morgan fingerprint density at radius 1 is 0.903 bits per heavy atom. The SMILES string of the molecule is Cn1cc(-c2cncc(N3CCN(c4ccc5nnc(C(F)(F)F)n5n4)CC3)n2)cn1. The van der Waals surface area contributed by atoms with Crippen molar-refractivity contribution in [2.24, 2.45) is 7.05 Å². The highest BCUT2D eigenvalue weighted by molar-refractivity contribution is 5.58. The van der Waals surface area contributed by atoms with E-state index in [1.54, 1.807) is 29.3 Å². The molecule has 1 saturated heterocycles. The summed E-state index contributed by atoms with van der Waals surface area (Å²) in [6.45, 7) is 2.39. The van der Waals surface area contributed by atoms with Crippen LogP contribution in [0.25, 0.3) is 16.9 Å². The highest BCUT2D eigenvalue weighted by atomic mass is 19.4. The Morgan fingerprint density at radius 2 is 1.65 bits per heavy atom. The first-order valence-corrected chi connectivity index (χ1v) is 9.49. The van der Waals surface area contributed by atoms with Crippen LogP contribution in [0.4, 0.5) is 24.8 Å². The average Bonchev–Trinajstić information content (AvgIpc) is 3.39. The molecule has 0 N–H and O–H groups in total. The molecule has 4 aromatic heterocycles. The molecule has 0 aliphatic carbocycles. The number of alkyl halides is 3. The van der Waals surface area contributed by atoms with Crippen LogP contribution in [0.1, 0.15) is 5.82 Å². The Kier molecular flexibility index (Phi) is 4.45. The van der Waals surface area contributed by atoms with E-state index < -0.39 is 12.0 Å². The van der Waals surface area contributed by atoms with Gasteiger partial charge < -0.3 is 9.80 Å². The molecule has 10 nitrogen and oxygen atoms in total. The fraction of sp³-hybridized carbons (Fsp3) is 0.333. The Labute approximate surface area is 174 Å². The van der Waals surface area contributed by atoms with Crippen LogP contribution in [0, 0.1) is 0 Å². The van der Waals surface area contributed by atoms with E-state index in [0.29, 0.717) is 32.0 Å². The second-order valence-corrected chi connectivity index (χ2v) is 7.12. The monoisotopic (exact) mass is 430 g/mol. The summed E-state index contributed by atoms with van der Waals surface area (Å²) in [6, 6.07) is 3.14. The lowest BCUT2D eigenvalue weighted by Crippen LogP contribution is -2.47. The summed E-state index contributed by atoms with van der Waals surface area (Å²) in [4.78, 5) is 13.0. The number of anilines is 2. The highest BCUT2D eigenvalue weighted by Gasteiger charge is 2.37. The van der Waals surface area contributed by atoms with Gasteiger partial charge in [0.2, 0.25) is 0 Å². The molecule has 0 spiro atoms. The number of rotatable bonds is 3. The third kappa shape index (κ3) is 3.62. The van der Waals surface area contributed by atoms with Gasteiger partial charge in [0.1, 0.15) is 11.6 Å². The molecule has 31 heavy (non-hydrogen) atoms. The largest absolute Gasteiger partial charge is 0.453 e. The van der Waals surface area contributed by atoms with Crippen molar-refractivity contribution in [1.29, 1.82) is 0 Å². The van der Waals surface area contributed by atoms with Crippen LogP contribution >= 0.6 is 0 Å². The smallest absolute Gasteiger partial charge is 0.352 e. The number of nitrogens with zero attached hydrogens (tertiary/aromatic N) is 10. The summed E-state index contributed by atoms with van der Waals surface area (Å²) in [5, 5.41) is 15.0. The predicted octanol–water partition coefficient (Wildman–Crippen LogP) is 1.66. The molecule has 1 aliphatic heterocycles. The molecule has 1 aliphatic rings. The van der Waals surface area contributed by atoms with Crippen molar-refractivity contribution in [2.75, 3.05) is 36.0 Å². The molecule has 0 amide bonds. The Morgan fingerprint density at radius 3 is 2.32 bits per heavy atom. The molecule has 0 saturated carbocycles. The fourth-order valence-corrected chi connectivity index (χ4v) is 3.49. The summed E-state index contributed by atoms with van der Waals surface area (Å²) in [6.07, 6.45) is 2.36.